The SMILES string of the molecule is CC(C)(C)c1ccc(OCC(=O)O[NH+]=C(N)c2ccc(I)cc2)cc1. The first-order valence-corrected chi connectivity index (χ1v) is 8.91. The molecular formula is C19H22IN2O3+. The molecule has 0 amide bonds. The third-order valence-corrected chi connectivity index (χ3v) is 4.23. The Morgan fingerprint density at radius 3 is 2.24 bits per heavy atom. The minimum atomic E-state index is -0.562. The summed E-state index contributed by atoms with van der Waals surface area (Å²) in [7, 11) is 0. The van der Waals surface area contributed by atoms with Gasteiger partial charge in [-0.15, -0.1) is 0 Å². The van der Waals surface area contributed by atoms with Crippen LogP contribution >= 0.6 is 22.6 Å². The number of nitrogen functional groups attached to an aromatic ring is 1. The smallest absolute Gasteiger partial charge is 0.394 e. The highest BCUT2D eigenvalue weighted by Gasteiger charge is 2.14. The van der Waals surface area contributed by atoms with Crippen molar-refractivity contribution < 1.29 is 19.5 Å². The highest BCUT2D eigenvalue weighted by atomic mass is 127. The fraction of sp³-hybridized carbons (Fsp3) is 0.263. The molecule has 0 saturated heterocycles. The van der Waals surface area contributed by atoms with Crippen LogP contribution in [0.1, 0.15) is 31.9 Å². The lowest BCUT2D eigenvalue weighted by Crippen LogP contribution is -2.76. The van der Waals surface area contributed by atoms with Gasteiger partial charge in [0.2, 0.25) is 0 Å². The van der Waals surface area contributed by atoms with Gasteiger partial charge in [0.1, 0.15) is 5.75 Å². The van der Waals surface area contributed by atoms with Crippen molar-refractivity contribution in [1.29, 1.82) is 0 Å². The minimum Gasteiger partial charge on any atom is -0.482 e. The first-order chi connectivity index (χ1) is 11.8. The van der Waals surface area contributed by atoms with Crippen LogP contribution in [0.5, 0.6) is 5.75 Å². The largest absolute Gasteiger partial charge is 0.482 e. The van der Waals surface area contributed by atoms with Crippen LogP contribution in [0.2, 0.25) is 0 Å². The summed E-state index contributed by atoms with van der Waals surface area (Å²) in [6, 6.07) is 15.2. The van der Waals surface area contributed by atoms with E-state index in [9.17, 15) is 4.79 Å². The summed E-state index contributed by atoms with van der Waals surface area (Å²) in [5.41, 5.74) is 7.86. The first kappa shape index (κ1) is 19.2. The van der Waals surface area contributed by atoms with Gasteiger partial charge in [-0.2, -0.15) is 0 Å². The molecule has 0 aliphatic heterocycles. The standard InChI is InChI=1S/C19H21IN2O3/c1-19(2,3)14-6-10-16(11-7-14)24-12-17(23)25-22-18(21)13-4-8-15(20)9-5-13/h4-11H,12H2,1-3H3,(H2,21,22)/p+1. The number of hydrogen-bond acceptors (Lipinski definition) is 3. The Labute approximate surface area is 161 Å². The number of ether oxygens (including phenoxy) is 1. The number of nitrogens with two attached hydrogens (primary N) is 1. The molecule has 6 heteroatoms. The number of hydrogen-bond donors (Lipinski definition) is 2. The third-order valence-electron chi connectivity index (χ3n) is 3.51. The lowest BCUT2D eigenvalue weighted by atomic mass is 9.87. The minimum absolute atomic E-state index is 0.0737. The second-order valence-electron chi connectivity index (χ2n) is 6.56. The van der Waals surface area contributed by atoms with Gasteiger partial charge in [-0.3, -0.25) is 10.6 Å². The maximum atomic E-state index is 11.8. The molecular weight excluding hydrogens is 431 g/mol. The van der Waals surface area contributed by atoms with Crippen LogP contribution in [0.25, 0.3) is 0 Å². The Morgan fingerprint density at radius 1 is 1.08 bits per heavy atom. The highest BCUT2D eigenvalue weighted by molar-refractivity contribution is 14.1. The molecule has 0 aromatic heterocycles. The summed E-state index contributed by atoms with van der Waals surface area (Å²) < 4.78 is 6.52. The quantitative estimate of drug-likeness (QED) is 0.239. The van der Waals surface area contributed by atoms with E-state index >= 15 is 0 Å². The van der Waals surface area contributed by atoms with Crippen LogP contribution in [0.3, 0.4) is 0 Å². The molecule has 3 N–H and O–H groups in total. The number of nitrogens with one attached hydrogen (secondary N) is 1. The Balaban J connectivity index is 1.86. The van der Waals surface area contributed by atoms with Crippen molar-refractivity contribution in [3.63, 3.8) is 0 Å². The van der Waals surface area contributed by atoms with E-state index < -0.39 is 5.97 Å². The normalized spacial score (nSPS) is 11.9. The monoisotopic (exact) mass is 453 g/mol. The first-order valence-electron chi connectivity index (χ1n) is 7.83. The van der Waals surface area contributed by atoms with E-state index in [1.54, 1.807) is 0 Å². The molecule has 0 aliphatic carbocycles. The van der Waals surface area contributed by atoms with E-state index in [-0.39, 0.29) is 17.9 Å². The predicted octanol–water partition coefficient (Wildman–Crippen LogP) is 1.91. The molecule has 0 radical (unpaired) electrons. The van der Waals surface area contributed by atoms with Gasteiger partial charge in [0.15, 0.2) is 6.61 Å². The van der Waals surface area contributed by atoms with E-state index in [0.717, 1.165) is 9.13 Å². The molecule has 0 fully saturated rings. The maximum Gasteiger partial charge on any atom is 0.394 e. The molecule has 132 valence electrons. The number of rotatable bonds is 5. The summed E-state index contributed by atoms with van der Waals surface area (Å²) in [5, 5.41) is 2.45. The Morgan fingerprint density at radius 2 is 1.68 bits per heavy atom. The molecule has 2 aromatic carbocycles. The van der Waals surface area contributed by atoms with Gasteiger partial charge in [-0.05, 0) is 70.0 Å². The average Bonchev–Trinajstić information content (AvgIpc) is 2.58. The molecule has 2 rings (SSSR count). The topological polar surface area (TPSA) is 75.5 Å². The van der Waals surface area contributed by atoms with Gasteiger partial charge in [-0.25, -0.2) is 4.79 Å². The van der Waals surface area contributed by atoms with Gasteiger partial charge >= 0.3 is 11.8 Å². The Kier molecular flexibility index (Phi) is 6.41. The van der Waals surface area contributed by atoms with Crippen LogP contribution in [0.15, 0.2) is 48.5 Å². The zero-order valence-corrected chi connectivity index (χ0v) is 16.7. The van der Waals surface area contributed by atoms with E-state index in [0.29, 0.717) is 5.75 Å². The molecule has 0 spiro atoms. The molecule has 0 atom stereocenters. The zero-order valence-electron chi connectivity index (χ0n) is 14.5. The number of carbonyl (C=O) groups excluding carboxylic acids is 1. The number of benzene rings is 2. The Hall–Kier alpha value is -2.09. The molecule has 25 heavy (non-hydrogen) atoms. The van der Waals surface area contributed by atoms with Gasteiger partial charge in [-0.1, -0.05) is 38.1 Å². The molecule has 0 bridgehead atoms. The molecule has 0 aliphatic rings. The second kappa shape index (κ2) is 8.33. The summed E-state index contributed by atoms with van der Waals surface area (Å²) in [5.74, 6) is 0.312. The lowest BCUT2D eigenvalue weighted by molar-refractivity contribution is -0.724. The molecule has 0 saturated carbocycles. The van der Waals surface area contributed by atoms with Crippen LogP contribution in [0.4, 0.5) is 0 Å². The lowest BCUT2D eigenvalue weighted by Gasteiger charge is -2.19. The molecule has 0 heterocycles. The number of carbonyl (C=O) groups is 1. The highest BCUT2D eigenvalue weighted by Crippen LogP contribution is 2.24. The predicted molar refractivity (Wildman–Crippen MR) is 105 cm³/mol. The third kappa shape index (κ3) is 6.04. The van der Waals surface area contributed by atoms with Crippen molar-refractivity contribution in [2.45, 2.75) is 26.2 Å². The van der Waals surface area contributed by atoms with E-state index in [4.69, 9.17) is 15.3 Å². The summed E-state index contributed by atoms with van der Waals surface area (Å²) in [6.07, 6.45) is 0. The van der Waals surface area contributed by atoms with Crippen molar-refractivity contribution in [2.75, 3.05) is 6.61 Å². The van der Waals surface area contributed by atoms with Crippen LogP contribution < -0.4 is 15.6 Å². The second-order valence-corrected chi connectivity index (χ2v) is 7.81. The summed E-state index contributed by atoms with van der Waals surface area (Å²) in [6.45, 7) is 6.21. The van der Waals surface area contributed by atoms with Crippen LogP contribution in [-0.2, 0) is 15.0 Å². The molecule has 0 unspecified atom stereocenters. The fourth-order valence-electron chi connectivity index (χ4n) is 2.02. The maximum absolute atomic E-state index is 11.8. The fourth-order valence-corrected chi connectivity index (χ4v) is 2.38. The van der Waals surface area contributed by atoms with E-state index in [2.05, 4.69) is 48.5 Å². The van der Waals surface area contributed by atoms with E-state index in [1.807, 2.05) is 48.5 Å². The molecule has 5 nitrogen and oxygen atoms in total. The van der Waals surface area contributed by atoms with Gasteiger partial charge in [0, 0.05) is 3.57 Å². The van der Waals surface area contributed by atoms with Crippen LogP contribution in [0, 0.1) is 3.57 Å². The van der Waals surface area contributed by atoms with Gasteiger partial charge < -0.3 is 4.74 Å². The Bertz CT molecular complexity index is 748. The van der Waals surface area contributed by atoms with Crippen LogP contribution in [-0.4, -0.2) is 18.4 Å². The van der Waals surface area contributed by atoms with Crippen molar-refractivity contribution in [2.24, 2.45) is 5.73 Å². The van der Waals surface area contributed by atoms with Gasteiger partial charge in [0.05, 0.1) is 5.56 Å². The van der Waals surface area contributed by atoms with Crippen molar-refractivity contribution in [3.8, 4) is 5.75 Å². The summed E-state index contributed by atoms with van der Waals surface area (Å²) >= 11 is 2.20. The number of halogens is 1. The van der Waals surface area contributed by atoms with Gasteiger partial charge in [0.25, 0.3) is 0 Å². The van der Waals surface area contributed by atoms with E-state index in [1.165, 1.54) is 5.56 Å². The van der Waals surface area contributed by atoms with Crippen molar-refractivity contribution >= 4 is 34.4 Å². The average molecular weight is 453 g/mol. The molecule has 2 aromatic rings. The van der Waals surface area contributed by atoms with Crippen molar-refractivity contribution in [3.05, 3.63) is 63.2 Å². The summed E-state index contributed by atoms with van der Waals surface area (Å²) in [4.78, 5) is 16.7. The number of amidine groups is 1. The van der Waals surface area contributed by atoms with Crippen molar-refractivity contribution in [1.82, 2.24) is 0 Å². The zero-order chi connectivity index (χ0) is 18.4.